The molecule has 3 aromatic carbocycles. The molecule has 1 saturated carbocycles. The molecule has 0 bridgehead atoms. The maximum atomic E-state index is 6.53. The zero-order valence-electron chi connectivity index (χ0n) is 17.4. The summed E-state index contributed by atoms with van der Waals surface area (Å²) in [5, 5.41) is 0.806. The monoisotopic (exact) mass is 421 g/mol. The lowest BCUT2D eigenvalue weighted by Gasteiger charge is -2.36. The summed E-state index contributed by atoms with van der Waals surface area (Å²) in [7, 11) is 0. The number of fused-ring (bicyclic) bond motifs is 5. The van der Waals surface area contributed by atoms with E-state index in [9.17, 15) is 0 Å². The zero-order chi connectivity index (χ0) is 20.8. The molecule has 6 rings (SSSR count). The van der Waals surface area contributed by atoms with Crippen LogP contribution in [-0.2, 0) is 5.41 Å². The number of nitrogens with zero attached hydrogens (tertiary/aromatic N) is 1. The number of pyridine rings is 1. The van der Waals surface area contributed by atoms with Gasteiger partial charge in [0.1, 0.15) is 0 Å². The molecule has 1 heterocycles. The van der Waals surface area contributed by atoms with Gasteiger partial charge in [-0.1, -0.05) is 79.4 Å². The van der Waals surface area contributed by atoms with Crippen LogP contribution in [-0.4, -0.2) is 4.98 Å². The van der Waals surface area contributed by atoms with Gasteiger partial charge in [-0.2, -0.15) is 0 Å². The van der Waals surface area contributed by atoms with E-state index in [2.05, 4.69) is 59.6 Å². The summed E-state index contributed by atoms with van der Waals surface area (Å²) in [6, 6.07) is 26.3. The van der Waals surface area contributed by atoms with Crippen molar-refractivity contribution in [3.8, 4) is 33.4 Å². The maximum absolute atomic E-state index is 6.53. The second kappa shape index (κ2) is 7.35. The van der Waals surface area contributed by atoms with Crippen LogP contribution in [0.4, 0.5) is 0 Å². The molecule has 0 amide bonds. The van der Waals surface area contributed by atoms with Gasteiger partial charge in [-0.15, -0.1) is 0 Å². The molecular weight excluding hydrogens is 398 g/mol. The van der Waals surface area contributed by atoms with Gasteiger partial charge in [0, 0.05) is 28.4 Å². The fraction of sp³-hybridized carbons (Fsp3) is 0.207. The van der Waals surface area contributed by atoms with Crippen LogP contribution in [0, 0.1) is 0 Å². The van der Waals surface area contributed by atoms with E-state index < -0.39 is 0 Å². The lowest BCUT2D eigenvalue weighted by Crippen LogP contribution is -2.28. The number of hydrogen-bond acceptors (Lipinski definition) is 1. The van der Waals surface area contributed by atoms with Gasteiger partial charge < -0.3 is 0 Å². The first-order valence-electron chi connectivity index (χ1n) is 11.2. The van der Waals surface area contributed by atoms with Crippen molar-refractivity contribution in [1.29, 1.82) is 0 Å². The predicted octanol–water partition coefficient (Wildman–Crippen LogP) is 8.30. The van der Waals surface area contributed by atoms with Crippen molar-refractivity contribution in [2.45, 2.75) is 37.5 Å². The highest BCUT2D eigenvalue weighted by molar-refractivity contribution is 6.33. The Kier molecular flexibility index (Phi) is 4.47. The van der Waals surface area contributed by atoms with E-state index in [0.717, 1.165) is 10.6 Å². The van der Waals surface area contributed by atoms with Gasteiger partial charge in [0.25, 0.3) is 0 Å². The molecule has 2 aliphatic carbocycles. The topological polar surface area (TPSA) is 12.9 Å². The highest BCUT2D eigenvalue weighted by Crippen LogP contribution is 2.57. The lowest BCUT2D eigenvalue weighted by molar-refractivity contribution is 0.353. The number of aromatic nitrogens is 1. The third-order valence-electron chi connectivity index (χ3n) is 7.25. The molecule has 4 aromatic rings. The molecule has 2 aliphatic rings. The maximum Gasteiger partial charge on any atom is 0.0484 e. The van der Waals surface area contributed by atoms with Crippen LogP contribution in [0.5, 0.6) is 0 Å². The summed E-state index contributed by atoms with van der Waals surface area (Å²) in [5.41, 5.74) is 10.6. The molecule has 152 valence electrons. The summed E-state index contributed by atoms with van der Waals surface area (Å²) >= 11 is 6.53. The van der Waals surface area contributed by atoms with Crippen molar-refractivity contribution < 1.29 is 0 Å². The second-order valence-electron chi connectivity index (χ2n) is 8.89. The Balaban J connectivity index is 1.56. The molecular formula is C29H24ClN. The van der Waals surface area contributed by atoms with Crippen LogP contribution in [0.25, 0.3) is 33.4 Å². The molecule has 31 heavy (non-hydrogen) atoms. The normalized spacial score (nSPS) is 16.2. The first-order chi connectivity index (χ1) is 15.3. The Bertz CT molecular complexity index is 1270. The SMILES string of the molecule is Clc1ccccc1-c1ccc2c(c1)-c1ccc(-c3cccnc3)cc1C21CCCCC1. The molecule has 1 nitrogen and oxygen atoms in total. The van der Waals surface area contributed by atoms with Crippen molar-refractivity contribution in [1.82, 2.24) is 4.98 Å². The standard InChI is InChI=1S/C29H24ClN/c30-28-9-3-2-8-23(28)21-11-13-26-25(17-21)24-12-10-20(22-7-6-16-31-19-22)18-27(24)29(26)14-4-1-5-15-29/h2-3,6-13,16-19H,1,4-5,14-15H2. The van der Waals surface area contributed by atoms with Gasteiger partial charge in [0.2, 0.25) is 0 Å². The second-order valence-corrected chi connectivity index (χ2v) is 9.29. The molecule has 0 atom stereocenters. The quantitative estimate of drug-likeness (QED) is 0.317. The van der Waals surface area contributed by atoms with E-state index in [1.54, 1.807) is 0 Å². The van der Waals surface area contributed by atoms with Crippen LogP contribution < -0.4 is 0 Å². The molecule has 0 radical (unpaired) electrons. The van der Waals surface area contributed by atoms with Crippen molar-refractivity contribution in [3.63, 3.8) is 0 Å². The first kappa shape index (κ1) is 18.8. The van der Waals surface area contributed by atoms with Crippen molar-refractivity contribution >= 4 is 11.6 Å². The van der Waals surface area contributed by atoms with Crippen LogP contribution in [0.2, 0.25) is 5.02 Å². The van der Waals surface area contributed by atoms with Crippen molar-refractivity contribution in [2.24, 2.45) is 0 Å². The number of rotatable bonds is 2. The molecule has 2 heteroatoms. The van der Waals surface area contributed by atoms with Crippen LogP contribution in [0.15, 0.2) is 85.2 Å². The van der Waals surface area contributed by atoms with Gasteiger partial charge in [-0.05, 0) is 76.1 Å². The number of hydrogen-bond donors (Lipinski definition) is 0. The molecule has 0 unspecified atom stereocenters. The average molecular weight is 422 g/mol. The zero-order valence-corrected chi connectivity index (χ0v) is 18.2. The Morgan fingerprint density at radius 3 is 2.29 bits per heavy atom. The van der Waals surface area contributed by atoms with Gasteiger partial charge in [0.05, 0.1) is 0 Å². The van der Waals surface area contributed by atoms with Crippen LogP contribution in [0.1, 0.15) is 43.2 Å². The number of halogens is 1. The minimum absolute atomic E-state index is 0.139. The lowest BCUT2D eigenvalue weighted by atomic mass is 9.67. The van der Waals surface area contributed by atoms with Crippen LogP contribution in [0.3, 0.4) is 0 Å². The van der Waals surface area contributed by atoms with Crippen molar-refractivity contribution in [2.75, 3.05) is 0 Å². The van der Waals surface area contributed by atoms with Gasteiger partial charge in [0.15, 0.2) is 0 Å². The minimum atomic E-state index is 0.139. The first-order valence-corrected chi connectivity index (χ1v) is 11.6. The smallest absolute Gasteiger partial charge is 0.0484 e. The van der Waals surface area contributed by atoms with Crippen molar-refractivity contribution in [3.05, 3.63) is 101 Å². The summed E-state index contributed by atoms with van der Waals surface area (Å²) in [5.74, 6) is 0. The summed E-state index contributed by atoms with van der Waals surface area (Å²) < 4.78 is 0. The Labute approximate surface area is 188 Å². The van der Waals surface area contributed by atoms with E-state index in [-0.39, 0.29) is 5.41 Å². The Morgan fingerprint density at radius 2 is 1.48 bits per heavy atom. The fourth-order valence-corrected chi connectivity index (χ4v) is 6.02. The largest absolute Gasteiger partial charge is 0.264 e. The number of benzene rings is 3. The van der Waals surface area contributed by atoms with E-state index in [1.165, 1.54) is 71.0 Å². The third kappa shape index (κ3) is 2.95. The van der Waals surface area contributed by atoms with E-state index in [0.29, 0.717) is 0 Å². The third-order valence-corrected chi connectivity index (χ3v) is 7.58. The molecule has 0 N–H and O–H groups in total. The average Bonchev–Trinajstić information content (AvgIpc) is 3.09. The summed E-state index contributed by atoms with van der Waals surface area (Å²) in [6.45, 7) is 0. The predicted molar refractivity (Wildman–Crippen MR) is 129 cm³/mol. The Hall–Kier alpha value is -2.90. The summed E-state index contributed by atoms with van der Waals surface area (Å²) in [4.78, 5) is 4.34. The van der Waals surface area contributed by atoms with Gasteiger partial charge >= 0.3 is 0 Å². The molecule has 0 saturated heterocycles. The minimum Gasteiger partial charge on any atom is -0.264 e. The van der Waals surface area contributed by atoms with E-state index in [1.807, 2.05) is 30.6 Å². The molecule has 1 spiro atoms. The Morgan fingerprint density at radius 1 is 0.645 bits per heavy atom. The molecule has 1 aromatic heterocycles. The summed E-state index contributed by atoms with van der Waals surface area (Å²) in [6.07, 6.45) is 10.2. The molecule has 0 aliphatic heterocycles. The highest BCUT2D eigenvalue weighted by atomic mass is 35.5. The van der Waals surface area contributed by atoms with Gasteiger partial charge in [-0.25, -0.2) is 0 Å². The van der Waals surface area contributed by atoms with Crippen LogP contribution >= 0.6 is 11.6 Å². The van der Waals surface area contributed by atoms with E-state index >= 15 is 0 Å². The van der Waals surface area contributed by atoms with E-state index in [4.69, 9.17) is 11.6 Å². The highest BCUT2D eigenvalue weighted by Gasteiger charge is 2.43. The molecule has 1 fully saturated rings. The fourth-order valence-electron chi connectivity index (χ4n) is 5.77. The van der Waals surface area contributed by atoms with Gasteiger partial charge in [-0.3, -0.25) is 4.98 Å².